The summed E-state index contributed by atoms with van der Waals surface area (Å²) >= 11 is 12.0. The minimum absolute atomic E-state index is 0.162. The van der Waals surface area contributed by atoms with Gasteiger partial charge in [0.15, 0.2) is 5.78 Å². The Hall–Kier alpha value is -2.39. The lowest BCUT2D eigenvalue weighted by molar-refractivity contribution is -0.140. The molecule has 11 heteroatoms. The van der Waals surface area contributed by atoms with E-state index in [4.69, 9.17) is 33.0 Å². The number of rotatable bonds is 8. The van der Waals surface area contributed by atoms with E-state index in [1.54, 1.807) is 18.2 Å². The lowest BCUT2D eigenvalue weighted by atomic mass is 10.0. The number of carboxylic acids is 1. The summed E-state index contributed by atoms with van der Waals surface area (Å²) in [6.07, 6.45) is 0.0560. The van der Waals surface area contributed by atoms with Crippen LogP contribution in [0.3, 0.4) is 0 Å². The fourth-order valence-electron chi connectivity index (χ4n) is 3.09. The Kier molecular flexibility index (Phi) is 8.86. The Morgan fingerprint density at radius 2 is 2.00 bits per heavy atom. The van der Waals surface area contributed by atoms with Crippen LogP contribution in [0.15, 0.2) is 18.2 Å². The number of ketones is 1. The second-order valence-corrected chi connectivity index (χ2v) is 7.52. The van der Waals surface area contributed by atoms with E-state index in [-0.39, 0.29) is 18.2 Å². The van der Waals surface area contributed by atoms with Crippen molar-refractivity contribution in [3.8, 4) is 0 Å². The second kappa shape index (κ2) is 11.1. The molecule has 0 bridgehead atoms. The molecule has 1 saturated heterocycles. The average molecular weight is 463 g/mol. The Bertz CT molecular complexity index is 822. The first kappa shape index (κ1) is 23.9. The number of ether oxygens (including phenoxy) is 1. The smallest absolute Gasteiger partial charge is 0.410 e. The topological polar surface area (TPSA) is 113 Å². The molecule has 30 heavy (non-hydrogen) atoms. The van der Waals surface area contributed by atoms with E-state index in [2.05, 4.69) is 5.32 Å². The van der Waals surface area contributed by atoms with Gasteiger partial charge in [0.05, 0.1) is 16.5 Å². The number of piperidine rings is 1. The number of likely N-dealkylation sites (tertiary alicyclic amines) is 1. The lowest BCUT2D eigenvalue weighted by Crippen LogP contribution is -2.55. The van der Waals surface area contributed by atoms with Gasteiger partial charge in [-0.15, -0.1) is 0 Å². The molecule has 0 unspecified atom stereocenters. The van der Waals surface area contributed by atoms with Crippen molar-refractivity contribution in [3.05, 3.63) is 33.8 Å². The molecule has 1 heterocycles. The summed E-state index contributed by atoms with van der Waals surface area (Å²) < 4.78 is 18.0. The second-order valence-electron chi connectivity index (χ2n) is 6.73. The highest BCUT2D eigenvalue weighted by Crippen LogP contribution is 2.26. The van der Waals surface area contributed by atoms with Crippen LogP contribution in [0, 0.1) is 0 Å². The quantitative estimate of drug-likeness (QED) is 0.613. The number of carboxylic acid groups (broad SMARTS) is 1. The number of benzene rings is 1. The maximum absolute atomic E-state index is 12.7. The van der Waals surface area contributed by atoms with E-state index in [0.29, 0.717) is 29.8 Å². The van der Waals surface area contributed by atoms with Crippen molar-refractivity contribution < 1.29 is 33.4 Å². The maximum atomic E-state index is 12.7. The highest BCUT2D eigenvalue weighted by Gasteiger charge is 2.35. The van der Waals surface area contributed by atoms with Crippen LogP contribution in [0.4, 0.5) is 9.18 Å². The Morgan fingerprint density at radius 3 is 2.67 bits per heavy atom. The van der Waals surface area contributed by atoms with Gasteiger partial charge in [0.2, 0.25) is 5.91 Å². The van der Waals surface area contributed by atoms with Crippen LogP contribution in [-0.4, -0.2) is 59.1 Å². The normalized spacial score (nSPS) is 17.2. The van der Waals surface area contributed by atoms with E-state index in [1.807, 2.05) is 0 Å². The molecule has 164 valence electrons. The van der Waals surface area contributed by atoms with Gasteiger partial charge in [0, 0.05) is 12.1 Å². The zero-order valence-corrected chi connectivity index (χ0v) is 17.4. The van der Waals surface area contributed by atoms with Crippen LogP contribution in [0.25, 0.3) is 0 Å². The third-order valence-corrected chi connectivity index (χ3v) is 5.50. The molecule has 8 nitrogen and oxygen atoms in total. The predicted molar refractivity (Wildman–Crippen MR) is 106 cm³/mol. The minimum atomic E-state index is -1.51. The van der Waals surface area contributed by atoms with Crippen molar-refractivity contribution in [3.63, 3.8) is 0 Å². The number of nitrogens with one attached hydrogen (secondary N) is 1. The van der Waals surface area contributed by atoms with Gasteiger partial charge in [-0.3, -0.25) is 19.3 Å². The molecule has 2 rings (SSSR count). The van der Waals surface area contributed by atoms with Gasteiger partial charge in [-0.05, 0) is 25.3 Å². The Labute approximate surface area is 182 Å². The molecule has 0 saturated carbocycles. The van der Waals surface area contributed by atoms with Crippen molar-refractivity contribution >= 4 is 47.0 Å². The number of hydrogen-bond donors (Lipinski definition) is 2. The van der Waals surface area contributed by atoms with Gasteiger partial charge in [0.1, 0.15) is 25.4 Å². The first-order chi connectivity index (χ1) is 14.2. The van der Waals surface area contributed by atoms with Crippen molar-refractivity contribution in [2.45, 2.75) is 44.4 Å². The zero-order chi connectivity index (χ0) is 22.3. The predicted octanol–water partition coefficient (Wildman–Crippen LogP) is 2.98. The fraction of sp³-hybridized carbons (Fsp3) is 0.474. The number of nitrogens with zero attached hydrogens (tertiary/aromatic N) is 1. The molecule has 0 radical (unpaired) electrons. The van der Waals surface area contributed by atoms with Gasteiger partial charge in [-0.25, -0.2) is 9.18 Å². The van der Waals surface area contributed by atoms with Crippen molar-refractivity contribution in [2.75, 3.05) is 13.2 Å². The van der Waals surface area contributed by atoms with Crippen molar-refractivity contribution in [1.82, 2.24) is 10.2 Å². The summed E-state index contributed by atoms with van der Waals surface area (Å²) in [7, 11) is 0. The number of amides is 2. The van der Waals surface area contributed by atoms with Gasteiger partial charge < -0.3 is 15.2 Å². The SMILES string of the molecule is O=C(O)C[C@H](NC(=O)[C@@H]1CCCCN1C(=O)OCc1cccc(Cl)c1Cl)C(=O)CF. The van der Waals surface area contributed by atoms with Gasteiger partial charge in [-0.1, -0.05) is 35.3 Å². The zero-order valence-electron chi connectivity index (χ0n) is 15.9. The largest absolute Gasteiger partial charge is 0.481 e. The average Bonchev–Trinajstić information content (AvgIpc) is 2.73. The maximum Gasteiger partial charge on any atom is 0.410 e. The first-order valence-corrected chi connectivity index (χ1v) is 9.97. The molecule has 1 aromatic rings. The highest BCUT2D eigenvalue weighted by atomic mass is 35.5. The van der Waals surface area contributed by atoms with E-state index < -0.39 is 48.9 Å². The van der Waals surface area contributed by atoms with Gasteiger partial charge >= 0.3 is 12.1 Å². The van der Waals surface area contributed by atoms with Crippen molar-refractivity contribution in [1.29, 1.82) is 0 Å². The number of halogens is 3. The van der Waals surface area contributed by atoms with E-state index in [9.17, 15) is 23.6 Å². The molecule has 2 atom stereocenters. The van der Waals surface area contributed by atoms with Crippen LogP contribution in [0.2, 0.25) is 10.0 Å². The van der Waals surface area contributed by atoms with E-state index >= 15 is 0 Å². The molecule has 0 spiro atoms. The number of carbonyl (C=O) groups excluding carboxylic acids is 3. The molecule has 1 aromatic carbocycles. The standard InChI is InChI=1S/C19H21Cl2FN2O6/c20-12-5-3-4-11(17(12)21)10-30-19(29)24-7-2-1-6-14(24)18(28)23-13(8-16(26)27)15(25)9-22/h3-5,13-14H,1-2,6-10H2,(H,23,28)(H,26,27)/t13-,14-/m0/s1. The van der Waals surface area contributed by atoms with Crippen LogP contribution in [0.1, 0.15) is 31.2 Å². The molecule has 1 aliphatic heterocycles. The van der Waals surface area contributed by atoms with E-state index in [0.717, 1.165) is 0 Å². The highest BCUT2D eigenvalue weighted by molar-refractivity contribution is 6.42. The molecule has 0 aromatic heterocycles. The van der Waals surface area contributed by atoms with E-state index in [1.165, 1.54) is 4.90 Å². The number of alkyl halides is 1. The monoisotopic (exact) mass is 462 g/mol. The molecule has 2 amide bonds. The molecule has 1 aliphatic rings. The fourth-order valence-corrected chi connectivity index (χ4v) is 3.46. The Balaban J connectivity index is 2.06. The summed E-state index contributed by atoms with van der Waals surface area (Å²) in [5, 5.41) is 11.7. The summed E-state index contributed by atoms with van der Waals surface area (Å²) in [5.74, 6) is -3.15. The molecule has 0 aliphatic carbocycles. The summed E-state index contributed by atoms with van der Waals surface area (Å²) in [5.41, 5.74) is 0.491. The summed E-state index contributed by atoms with van der Waals surface area (Å²) in [4.78, 5) is 48.9. The van der Waals surface area contributed by atoms with Crippen LogP contribution in [-0.2, 0) is 25.7 Å². The summed E-state index contributed by atoms with van der Waals surface area (Å²) in [6.45, 7) is -1.33. The van der Waals surface area contributed by atoms with Crippen LogP contribution in [0.5, 0.6) is 0 Å². The molecular formula is C19H21Cl2FN2O6. The number of aliphatic carboxylic acids is 1. The number of hydrogen-bond acceptors (Lipinski definition) is 5. The van der Waals surface area contributed by atoms with Crippen LogP contribution < -0.4 is 5.32 Å². The molecule has 2 N–H and O–H groups in total. The first-order valence-electron chi connectivity index (χ1n) is 9.21. The van der Waals surface area contributed by atoms with Gasteiger partial charge in [0.25, 0.3) is 0 Å². The molecular weight excluding hydrogens is 442 g/mol. The lowest BCUT2D eigenvalue weighted by Gasteiger charge is -2.34. The molecule has 1 fully saturated rings. The summed E-state index contributed by atoms with van der Waals surface area (Å²) in [6, 6.07) is 2.40. The van der Waals surface area contributed by atoms with Crippen LogP contribution >= 0.6 is 23.2 Å². The van der Waals surface area contributed by atoms with Gasteiger partial charge in [-0.2, -0.15) is 0 Å². The third-order valence-electron chi connectivity index (χ3n) is 4.64. The number of Topliss-reactive ketones (excluding diaryl/α,β-unsaturated/α-hetero) is 1. The number of carbonyl (C=O) groups is 4. The third kappa shape index (κ3) is 6.30. The van der Waals surface area contributed by atoms with Crippen molar-refractivity contribution in [2.24, 2.45) is 0 Å². The minimum Gasteiger partial charge on any atom is -0.481 e. The Morgan fingerprint density at radius 1 is 1.27 bits per heavy atom.